The zero-order valence-corrected chi connectivity index (χ0v) is 29.5. The maximum Gasteiger partial charge on any atom is 0.410 e. The van der Waals surface area contributed by atoms with E-state index in [1.807, 2.05) is 110 Å². The first-order chi connectivity index (χ1) is 24.1. The fourth-order valence-electron chi connectivity index (χ4n) is 7.23. The van der Waals surface area contributed by atoms with Crippen LogP contribution in [0.4, 0.5) is 10.5 Å². The van der Waals surface area contributed by atoms with E-state index in [1.54, 1.807) is 0 Å². The summed E-state index contributed by atoms with van der Waals surface area (Å²) in [5.74, 6) is 0.978. The number of carbonyl (C=O) groups excluding carboxylic acids is 1. The summed E-state index contributed by atoms with van der Waals surface area (Å²) in [5.41, 5.74) is 5.59. The third-order valence-corrected chi connectivity index (χ3v) is 9.90. The van der Waals surface area contributed by atoms with Gasteiger partial charge in [-0.2, -0.15) is 10.1 Å². The van der Waals surface area contributed by atoms with Gasteiger partial charge in [0.25, 0.3) is 0 Å². The maximum absolute atomic E-state index is 12.7. The number of carbonyl (C=O) groups is 1. The number of fused-ring (bicyclic) bond motifs is 1. The van der Waals surface area contributed by atoms with Crippen LogP contribution < -0.4 is 14.8 Å². The van der Waals surface area contributed by atoms with Gasteiger partial charge in [-0.05, 0) is 93.7 Å². The van der Waals surface area contributed by atoms with E-state index in [1.165, 1.54) is 0 Å². The number of aromatic nitrogens is 3. The Balaban J connectivity index is 1.06. The average molecular weight is 674 g/mol. The molecule has 2 fully saturated rings. The van der Waals surface area contributed by atoms with Gasteiger partial charge in [0.2, 0.25) is 11.8 Å². The molecule has 9 heteroatoms. The van der Waals surface area contributed by atoms with Crippen molar-refractivity contribution in [3.8, 4) is 23.0 Å². The molecule has 2 aliphatic rings. The lowest BCUT2D eigenvalue weighted by Gasteiger charge is -2.37. The molecule has 1 saturated heterocycles. The smallest absolute Gasteiger partial charge is 0.410 e. The van der Waals surface area contributed by atoms with Crippen molar-refractivity contribution < 1.29 is 19.0 Å². The van der Waals surface area contributed by atoms with Crippen molar-refractivity contribution in [3.05, 3.63) is 102 Å². The number of hydrogen-bond acceptors (Lipinski definition) is 7. The fraction of sp³-hybridized carbons (Fsp3) is 0.390. The van der Waals surface area contributed by atoms with Crippen molar-refractivity contribution >= 4 is 22.7 Å². The Morgan fingerprint density at radius 2 is 1.56 bits per heavy atom. The molecule has 7 rings (SSSR count). The Kier molecular flexibility index (Phi) is 9.40. The molecule has 1 spiro atoms. The lowest BCUT2D eigenvalue weighted by atomic mass is 9.72. The zero-order chi connectivity index (χ0) is 34.7. The van der Waals surface area contributed by atoms with Crippen molar-refractivity contribution in [2.45, 2.75) is 77.7 Å². The molecule has 0 bridgehead atoms. The quantitative estimate of drug-likeness (QED) is 0.167. The van der Waals surface area contributed by atoms with Gasteiger partial charge in [0.05, 0.1) is 11.1 Å². The Bertz CT molecular complexity index is 1930. The summed E-state index contributed by atoms with van der Waals surface area (Å²) in [4.78, 5) is 19.4. The van der Waals surface area contributed by atoms with Gasteiger partial charge in [0.15, 0.2) is 0 Å². The van der Waals surface area contributed by atoms with Gasteiger partial charge in [-0.3, -0.25) is 4.68 Å². The molecule has 1 amide bonds. The summed E-state index contributed by atoms with van der Waals surface area (Å²) in [6, 6.07) is 30.9. The van der Waals surface area contributed by atoms with Crippen molar-refractivity contribution in [3.63, 3.8) is 0 Å². The molecule has 0 unspecified atom stereocenters. The van der Waals surface area contributed by atoms with Crippen molar-refractivity contribution in [2.75, 3.05) is 18.4 Å². The van der Waals surface area contributed by atoms with Crippen LogP contribution in [0.15, 0.2) is 91.0 Å². The summed E-state index contributed by atoms with van der Waals surface area (Å²) in [6.45, 7) is 8.15. The second-order valence-electron chi connectivity index (χ2n) is 14.8. The monoisotopic (exact) mass is 673 g/mol. The first-order valence-electron chi connectivity index (χ1n) is 17.7. The minimum Gasteiger partial charge on any atom is -0.473 e. The van der Waals surface area contributed by atoms with Crippen LogP contribution in [-0.4, -0.2) is 50.5 Å². The van der Waals surface area contributed by atoms with Crippen LogP contribution >= 0.6 is 0 Å². The van der Waals surface area contributed by atoms with Crippen LogP contribution in [0.1, 0.15) is 64.0 Å². The first kappa shape index (κ1) is 33.4. The molecule has 9 nitrogen and oxygen atoms in total. The number of benzene rings is 3. The van der Waals surface area contributed by atoms with Gasteiger partial charge in [-0.15, -0.1) is 0 Å². The van der Waals surface area contributed by atoms with Gasteiger partial charge >= 0.3 is 6.09 Å². The van der Waals surface area contributed by atoms with Crippen molar-refractivity contribution in [2.24, 2.45) is 12.5 Å². The number of likely N-dealkylation sites (tertiary alicyclic amines) is 1. The largest absolute Gasteiger partial charge is 0.473 e. The first-order valence-corrected chi connectivity index (χ1v) is 17.7. The number of ether oxygens (including phenoxy) is 3. The van der Waals surface area contributed by atoms with Crippen LogP contribution in [0.25, 0.3) is 22.2 Å². The number of nitrogens with zero attached hydrogens (tertiary/aromatic N) is 4. The minimum absolute atomic E-state index is 0.184. The average Bonchev–Trinajstić information content (AvgIpc) is 3.68. The number of anilines is 1. The molecule has 3 aromatic carbocycles. The number of aryl methyl sites for hydroxylation is 1. The zero-order valence-electron chi connectivity index (χ0n) is 29.5. The number of amides is 1. The standard InChI is InChI=1S/C41H47N5O4/c1-40(2,3)50-39(47)46-24-23-41(28-46)21-19-31(20-22-41)42-32-15-16-33-35(25-32)45(4)44-37(33)34-17-18-36(48-26-29-11-7-5-8-12-29)43-38(34)49-27-30-13-9-6-10-14-30/h5-18,25,31,42H,19-24,26-28H2,1-4H3. The summed E-state index contributed by atoms with van der Waals surface area (Å²) >= 11 is 0. The van der Waals surface area contributed by atoms with E-state index < -0.39 is 5.60 Å². The molecular formula is C41H47N5O4. The second-order valence-corrected chi connectivity index (χ2v) is 14.8. The SMILES string of the molecule is Cn1nc(-c2ccc(OCc3ccccc3)nc2OCc2ccccc2)c2ccc(NC3CCC4(CC3)CCN(C(=O)OC(C)(C)C)C4)cc21. The van der Waals surface area contributed by atoms with E-state index in [2.05, 4.69) is 23.5 Å². The van der Waals surface area contributed by atoms with Crippen LogP contribution in [0, 0.1) is 5.41 Å². The van der Waals surface area contributed by atoms with Crippen LogP contribution in [-0.2, 0) is 25.0 Å². The topological polar surface area (TPSA) is 90.7 Å². The van der Waals surface area contributed by atoms with Gasteiger partial charge < -0.3 is 24.4 Å². The molecule has 260 valence electrons. The van der Waals surface area contributed by atoms with Gasteiger partial charge in [0.1, 0.15) is 24.5 Å². The van der Waals surface area contributed by atoms with Crippen LogP contribution in [0.2, 0.25) is 0 Å². The van der Waals surface area contributed by atoms with E-state index >= 15 is 0 Å². The maximum atomic E-state index is 12.7. The van der Waals surface area contributed by atoms with E-state index in [0.29, 0.717) is 31.0 Å². The van der Waals surface area contributed by atoms with Gasteiger partial charge in [0, 0.05) is 43.3 Å². The summed E-state index contributed by atoms with van der Waals surface area (Å²) < 4.78 is 20.0. The van der Waals surface area contributed by atoms with E-state index in [9.17, 15) is 4.79 Å². The molecule has 2 aromatic heterocycles. The molecule has 1 aliphatic heterocycles. The fourth-order valence-corrected chi connectivity index (χ4v) is 7.23. The number of rotatable bonds is 9. The predicted octanol–water partition coefficient (Wildman–Crippen LogP) is 8.78. The van der Waals surface area contributed by atoms with Crippen LogP contribution in [0.5, 0.6) is 11.8 Å². The number of pyridine rings is 1. The van der Waals surface area contributed by atoms with Crippen molar-refractivity contribution in [1.82, 2.24) is 19.7 Å². The summed E-state index contributed by atoms with van der Waals surface area (Å²) in [5, 5.41) is 9.80. The molecule has 50 heavy (non-hydrogen) atoms. The lowest BCUT2D eigenvalue weighted by Crippen LogP contribution is -2.39. The highest BCUT2D eigenvalue weighted by molar-refractivity contribution is 5.96. The lowest BCUT2D eigenvalue weighted by molar-refractivity contribution is 0.0261. The Labute approximate surface area is 294 Å². The second kappa shape index (κ2) is 14.1. The van der Waals surface area contributed by atoms with Crippen molar-refractivity contribution in [1.29, 1.82) is 0 Å². The third-order valence-electron chi connectivity index (χ3n) is 9.90. The van der Waals surface area contributed by atoms with Gasteiger partial charge in [-0.1, -0.05) is 60.7 Å². The molecule has 1 saturated carbocycles. The van der Waals surface area contributed by atoms with Crippen LogP contribution in [0.3, 0.4) is 0 Å². The number of hydrogen-bond donors (Lipinski definition) is 1. The molecule has 0 radical (unpaired) electrons. The predicted molar refractivity (Wildman–Crippen MR) is 196 cm³/mol. The molecular weight excluding hydrogens is 626 g/mol. The normalized spacial score (nSPS) is 19.1. The van der Waals surface area contributed by atoms with E-state index in [4.69, 9.17) is 24.3 Å². The summed E-state index contributed by atoms with van der Waals surface area (Å²) in [7, 11) is 1.98. The highest BCUT2D eigenvalue weighted by atomic mass is 16.6. The van der Waals surface area contributed by atoms with E-state index in [0.717, 1.165) is 84.2 Å². The molecule has 3 heterocycles. The highest BCUT2D eigenvalue weighted by Gasteiger charge is 2.43. The Morgan fingerprint density at radius 1 is 0.880 bits per heavy atom. The Morgan fingerprint density at radius 3 is 2.24 bits per heavy atom. The summed E-state index contributed by atoms with van der Waals surface area (Å²) in [6.07, 6.45) is 5.22. The highest BCUT2D eigenvalue weighted by Crippen LogP contribution is 2.45. The molecule has 5 aromatic rings. The Hall–Kier alpha value is -5.05. The molecule has 1 N–H and O–H groups in total. The van der Waals surface area contributed by atoms with E-state index in [-0.39, 0.29) is 11.5 Å². The number of nitrogens with one attached hydrogen (secondary N) is 1. The molecule has 1 aliphatic carbocycles. The minimum atomic E-state index is -0.471. The molecule has 0 atom stereocenters. The van der Waals surface area contributed by atoms with Gasteiger partial charge in [-0.25, -0.2) is 4.79 Å². The third kappa shape index (κ3) is 7.72.